The van der Waals surface area contributed by atoms with E-state index in [2.05, 4.69) is 29.7 Å². The van der Waals surface area contributed by atoms with Crippen molar-refractivity contribution in [1.29, 1.82) is 0 Å². The topological polar surface area (TPSA) is 41.1 Å². The van der Waals surface area contributed by atoms with Gasteiger partial charge in [0.15, 0.2) is 0 Å². The molecule has 2 N–H and O–H groups in total. The minimum absolute atomic E-state index is 0.0346. The number of benzene rings is 1. The lowest BCUT2D eigenvalue weighted by Gasteiger charge is -2.21. The molecule has 110 valence electrons. The highest BCUT2D eigenvalue weighted by atomic mass is 16.2. The van der Waals surface area contributed by atoms with Crippen molar-refractivity contribution in [3.8, 4) is 0 Å². The standard InChI is InChI=1S/C17H26N2O/c1-13-9-7-8-12-16(13)14(2)18-17(20)19-15-10-5-3-4-6-11-15/h7-9,12,14-15H,3-6,10-11H2,1-2H3,(H2,18,19,20). The fraction of sp³-hybridized carbons (Fsp3) is 0.588. The summed E-state index contributed by atoms with van der Waals surface area (Å²) in [5.74, 6) is 0. The average molecular weight is 274 g/mol. The smallest absolute Gasteiger partial charge is 0.315 e. The van der Waals surface area contributed by atoms with E-state index in [4.69, 9.17) is 0 Å². The van der Waals surface area contributed by atoms with Gasteiger partial charge in [0.1, 0.15) is 0 Å². The van der Waals surface area contributed by atoms with Gasteiger partial charge in [0.05, 0.1) is 6.04 Å². The van der Waals surface area contributed by atoms with Crippen molar-refractivity contribution in [2.45, 2.75) is 64.5 Å². The fourth-order valence-corrected chi connectivity index (χ4v) is 3.00. The summed E-state index contributed by atoms with van der Waals surface area (Å²) in [6.45, 7) is 4.12. The Labute approximate surface area is 122 Å². The molecule has 0 spiro atoms. The number of aryl methyl sites for hydroxylation is 1. The molecule has 1 atom stereocenters. The molecule has 0 bridgehead atoms. The second kappa shape index (κ2) is 7.32. The first-order valence-electron chi connectivity index (χ1n) is 7.79. The highest BCUT2D eigenvalue weighted by molar-refractivity contribution is 5.74. The van der Waals surface area contributed by atoms with Crippen molar-refractivity contribution >= 4 is 6.03 Å². The zero-order valence-electron chi connectivity index (χ0n) is 12.6. The molecule has 20 heavy (non-hydrogen) atoms. The summed E-state index contributed by atoms with van der Waals surface area (Å²) in [6.07, 6.45) is 7.31. The number of hydrogen-bond acceptors (Lipinski definition) is 1. The Hall–Kier alpha value is -1.51. The Morgan fingerprint density at radius 1 is 1.15 bits per heavy atom. The van der Waals surface area contributed by atoms with Crippen LogP contribution in [0.25, 0.3) is 0 Å². The van der Waals surface area contributed by atoms with Crippen LogP contribution in [0.4, 0.5) is 4.79 Å². The maximum atomic E-state index is 12.1. The zero-order valence-corrected chi connectivity index (χ0v) is 12.6. The normalized spacial score (nSPS) is 18.1. The van der Waals surface area contributed by atoms with E-state index >= 15 is 0 Å². The first-order chi connectivity index (χ1) is 9.66. The molecule has 1 aliphatic carbocycles. The lowest BCUT2D eigenvalue weighted by atomic mass is 10.0. The molecule has 0 radical (unpaired) electrons. The van der Waals surface area contributed by atoms with Gasteiger partial charge in [0, 0.05) is 6.04 Å². The van der Waals surface area contributed by atoms with E-state index in [1.807, 2.05) is 19.1 Å². The van der Waals surface area contributed by atoms with Crippen LogP contribution in [0.15, 0.2) is 24.3 Å². The Morgan fingerprint density at radius 3 is 2.45 bits per heavy atom. The van der Waals surface area contributed by atoms with Crippen LogP contribution in [0, 0.1) is 6.92 Å². The van der Waals surface area contributed by atoms with Gasteiger partial charge in [-0.15, -0.1) is 0 Å². The summed E-state index contributed by atoms with van der Waals surface area (Å²) in [5, 5.41) is 6.18. The summed E-state index contributed by atoms with van der Waals surface area (Å²) in [4.78, 5) is 12.1. The van der Waals surface area contributed by atoms with Crippen LogP contribution in [0.1, 0.15) is 62.6 Å². The third-order valence-corrected chi connectivity index (χ3v) is 4.19. The summed E-state index contributed by atoms with van der Waals surface area (Å²) in [5.41, 5.74) is 2.40. The van der Waals surface area contributed by atoms with Crippen LogP contribution in [-0.2, 0) is 0 Å². The zero-order chi connectivity index (χ0) is 14.4. The molecule has 1 aliphatic rings. The second-order valence-electron chi connectivity index (χ2n) is 5.88. The highest BCUT2D eigenvalue weighted by Gasteiger charge is 2.16. The number of amides is 2. The first-order valence-corrected chi connectivity index (χ1v) is 7.79. The van der Waals surface area contributed by atoms with Crippen LogP contribution in [-0.4, -0.2) is 12.1 Å². The maximum Gasteiger partial charge on any atom is 0.315 e. The molecular formula is C17H26N2O. The molecule has 1 aromatic rings. The third-order valence-electron chi connectivity index (χ3n) is 4.19. The minimum Gasteiger partial charge on any atom is -0.335 e. The molecule has 0 heterocycles. The third kappa shape index (κ3) is 4.26. The van der Waals surface area contributed by atoms with Crippen molar-refractivity contribution in [3.05, 3.63) is 35.4 Å². The number of carbonyl (C=O) groups is 1. The van der Waals surface area contributed by atoms with Crippen molar-refractivity contribution in [2.75, 3.05) is 0 Å². The van der Waals surface area contributed by atoms with E-state index < -0.39 is 0 Å². The van der Waals surface area contributed by atoms with Gasteiger partial charge in [-0.3, -0.25) is 0 Å². The van der Waals surface area contributed by atoms with Gasteiger partial charge in [-0.25, -0.2) is 4.79 Å². The molecule has 0 saturated heterocycles. The second-order valence-corrected chi connectivity index (χ2v) is 5.88. The Morgan fingerprint density at radius 2 is 1.80 bits per heavy atom. The summed E-state index contributed by atoms with van der Waals surface area (Å²) >= 11 is 0. The monoisotopic (exact) mass is 274 g/mol. The van der Waals surface area contributed by atoms with E-state index in [1.54, 1.807) is 0 Å². The van der Waals surface area contributed by atoms with Gasteiger partial charge in [-0.1, -0.05) is 49.9 Å². The average Bonchev–Trinajstić information content (AvgIpc) is 2.67. The van der Waals surface area contributed by atoms with E-state index in [9.17, 15) is 4.79 Å². The van der Waals surface area contributed by atoms with Crippen molar-refractivity contribution in [3.63, 3.8) is 0 Å². The van der Waals surface area contributed by atoms with Crippen LogP contribution in [0.5, 0.6) is 0 Å². The summed E-state index contributed by atoms with van der Waals surface area (Å²) in [7, 11) is 0. The molecule has 0 aliphatic heterocycles. The van der Waals surface area contributed by atoms with Crippen molar-refractivity contribution in [2.24, 2.45) is 0 Å². The molecule has 2 amide bonds. The molecule has 2 rings (SSSR count). The first kappa shape index (κ1) is 14.9. The Kier molecular flexibility index (Phi) is 5.45. The fourth-order valence-electron chi connectivity index (χ4n) is 3.00. The van der Waals surface area contributed by atoms with Crippen LogP contribution < -0.4 is 10.6 Å². The quantitative estimate of drug-likeness (QED) is 0.801. The van der Waals surface area contributed by atoms with Crippen molar-refractivity contribution in [1.82, 2.24) is 10.6 Å². The SMILES string of the molecule is Cc1ccccc1C(C)NC(=O)NC1CCCCCC1. The Balaban J connectivity index is 1.86. The number of hydrogen-bond donors (Lipinski definition) is 2. The summed E-state index contributed by atoms with van der Waals surface area (Å²) < 4.78 is 0. The maximum absolute atomic E-state index is 12.1. The largest absolute Gasteiger partial charge is 0.335 e. The molecular weight excluding hydrogens is 248 g/mol. The summed E-state index contributed by atoms with van der Waals surface area (Å²) in [6, 6.07) is 8.56. The number of carbonyl (C=O) groups excluding carboxylic acids is 1. The van der Waals surface area contributed by atoms with E-state index in [0.29, 0.717) is 6.04 Å². The molecule has 0 aromatic heterocycles. The Bertz CT molecular complexity index is 436. The van der Waals surface area contributed by atoms with Crippen molar-refractivity contribution < 1.29 is 4.79 Å². The number of nitrogens with one attached hydrogen (secondary N) is 2. The van der Waals surface area contributed by atoms with Crippen LogP contribution >= 0.6 is 0 Å². The van der Waals surface area contributed by atoms with Gasteiger partial charge in [0.25, 0.3) is 0 Å². The van der Waals surface area contributed by atoms with Crippen LogP contribution in [0.3, 0.4) is 0 Å². The van der Waals surface area contributed by atoms with E-state index in [0.717, 1.165) is 12.8 Å². The molecule has 1 aromatic carbocycles. The molecule has 1 unspecified atom stereocenters. The van der Waals surface area contributed by atoms with E-state index in [1.165, 1.54) is 36.8 Å². The lowest BCUT2D eigenvalue weighted by Crippen LogP contribution is -2.42. The molecule has 3 nitrogen and oxygen atoms in total. The van der Waals surface area contributed by atoms with Gasteiger partial charge in [-0.05, 0) is 37.8 Å². The minimum atomic E-state index is -0.0346. The van der Waals surface area contributed by atoms with Gasteiger partial charge >= 0.3 is 6.03 Å². The molecule has 1 fully saturated rings. The number of rotatable bonds is 3. The van der Waals surface area contributed by atoms with Gasteiger partial charge in [0.2, 0.25) is 0 Å². The highest BCUT2D eigenvalue weighted by Crippen LogP contribution is 2.18. The molecule has 1 saturated carbocycles. The number of urea groups is 1. The van der Waals surface area contributed by atoms with Gasteiger partial charge < -0.3 is 10.6 Å². The molecule has 3 heteroatoms. The van der Waals surface area contributed by atoms with Gasteiger partial charge in [-0.2, -0.15) is 0 Å². The predicted molar refractivity (Wildman–Crippen MR) is 82.8 cm³/mol. The predicted octanol–water partition coefficient (Wildman–Crippen LogP) is 4.08. The van der Waals surface area contributed by atoms with Crippen LogP contribution in [0.2, 0.25) is 0 Å². The van der Waals surface area contributed by atoms with E-state index in [-0.39, 0.29) is 12.1 Å². The lowest BCUT2D eigenvalue weighted by molar-refractivity contribution is 0.232.